The highest BCUT2D eigenvalue weighted by atomic mass is 19.1. The summed E-state index contributed by atoms with van der Waals surface area (Å²) in [6, 6.07) is 8.40. The zero-order chi connectivity index (χ0) is 14.2. The average Bonchev–Trinajstić information content (AvgIpc) is 2.29. The third-order valence-electron chi connectivity index (χ3n) is 3.05. The van der Waals surface area contributed by atoms with E-state index >= 15 is 0 Å². The van der Waals surface area contributed by atoms with Gasteiger partial charge in [0.25, 0.3) is 0 Å². The lowest BCUT2D eigenvalue weighted by Crippen LogP contribution is -2.11. The number of rotatable bonds is 1. The van der Waals surface area contributed by atoms with Crippen LogP contribution in [0.15, 0.2) is 36.4 Å². The molecular weight excluding hydrogens is 246 g/mol. The van der Waals surface area contributed by atoms with Crippen molar-refractivity contribution in [2.45, 2.75) is 26.2 Å². The molecule has 0 bridgehead atoms. The van der Waals surface area contributed by atoms with Crippen LogP contribution in [-0.2, 0) is 5.41 Å². The van der Waals surface area contributed by atoms with E-state index in [0.29, 0.717) is 11.1 Å². The molecule has 0 saturated heterocycles. The summed E-state index contributed by atoms with van der Waals surface area (Å²) < 4.78 is 26.7. The first-order valence-corrected chi connectivity index (χ1v) is 6.08. The van der Waals surface area contributed by atoms with Crippen LogP contribution in [0.1, 0.15) is 26.3 Å². The van der Waals surface area contributed by atoms with E-state index < -0.39 is 11.6 Å². The van der Waals surface area contributed by atoms with E-state index in [9.17, 15) is 13.9 Å². The molecule has 2 aromatic rings. The minimum atomic E-state index is -0.606. The highest BCUT2D eigenvalue weighted by molar-refractivity contribution is 5.66. The van der Waals surface area contributed by atoms with Crippen LogP contribution in [0, 0.1) is 11.6 Å². The summed E-state index contributed by atoms with van der Waals surface area (Å²) in [4.78, 5) is 0. The highest BCUT2D eigenvalue weighted by Crippen LogP contribution is 2.35. The van der Waals surface area contributed by atoms with E-state index in [-0.39, 0.29) is 11.2 Å². The largest absolute Gasteiger partial charge is 0.508 e. The van der Waals surface area contributed by atoms with E-state index in [0.717, 1.165) is 11.6 Å². The molecule has 3 heteroatoms. The lowest BCUT2D eigenvalue weighted by atomic mass is 9.84. The molecule has 0 radical (unpaired) electrons. The third kappa shape index (κ3) is 2.75. The van der Waals surface area contributed by atoms with Gasteiger partial charge < -0.3 is 5.11 Å². The van der Waals surface area contributed by atoms with E-state index in [1.54, 1.807) is 18.2 Å². The fraction of sp³-hybridized carbons (Fsp3) is 0.250. The molecule has 0 aromatic heterocycles. The second-order valence-electron chi connectivity index (χ2n) is 5.61. The number of aromatic hydroxyl groups is 1. The number of benzene rings is 2. The fourth-order valence-corrected chi connectivity index (χ4v) is 2.03. The Morgan fingerprint density at radius 3 is 2.21 bits per heavy atom. The zero-order valence-electron chi connectivity index (χ0n) is 11.2. The van der Waals surface area contributed by atoms with E-state index in [2.05, 4.69) is 0 Å². The van der Waals surface area contributed by atoms with Crippen LogP contribution >= 0.6 is 0 Å². The molecule has 0 aliphatic carbocycles. The third-order valence-corrected chi connectivity index (χ3v) is 3.05. The van der Waals surface area contributed by atoms with Gasteiger partial charge in [0.1, 0.15) is 17.4 Å². The van der Waals surface area contributed by atoms with E-state index in [1.807, 2.05) is 20.8 Å². The normalized spacial score (nSPS) is 11.6. The molecule has 0 aliphatic rings. The lowest BCUT2D eigenvalue weighted by molar-refractivity contribution is 0.447. The summed E-state index contributed by atoms with van der Waals surface area (Å²) in [6.45, 7) is 5.90. The van der Waals surface area contributed by atoms with Crippen LogP contribution < -0.4 is 0 Å². The van der Waals surface area contributed by atoms with Crippen molar-refractivity contribution in [3.63, 3.8) is 0 Å². The Bertz CT molecular complexity index is 613. The Morgan fingerprint density at radius 1 is 0.947 bits per heavy atom. The van der Waals surface area contributed by atoms with Gasteiger partial charge in [-0.15, -0.1) is 0 Å². The van der Waals surface area contributed by atoms with Gasteiger partial charge in [-0.2, -0.15) is 0 Å². The standard InChI is InChI=1S/C16H16F2O/c1-16(2,3)13-8-10(4-7-15(13)19)12-6-5-11(17)9-14(12)18/h4-9,19H,1-3H3. The van der Waals surface area contributed by atoms with Gasteiger partial charge in [0.05, 0.1) is 0 Å². The monoisotopic (exact) mass is 262 g/mol. The molecule has 0 saturated carbocycles. The number of halogens is 2. The Balaban J connectivity index is 2.58. The minimum absolute atomic E-state index is 0.179. The molecule has 1 N–H and O–H groups in total. The van der Waals surface area contributed by atoms with Crippen molar-refractivity contribution in [2.24, 2.45) is 0 Å². The van der Waals surface area contributed by atoms with Gasteiger partial charge in [-0.05, 0) is 40.8 Å². The predicted molar refractivity (Wildman–Crippen MR) is 72.2 cm³/mol. The SMILES string of the molecule is CC(C)(C)c1cc(-c2ccc(F)cc2F)ccc1O. The number of hydrogen-bond acceptors (Lipinski definition) is 1. The van der Waals surface area contributed by atoms with Gasteiger partial charge in [0.2, 0.25) is 0 Å². The van der Waals surface area contributed by atoms with Crippen molar-refractivity contribution >= 4 is 0 Å². The summed E-state index contributed by atoms with van der Waals surface area (Å²) in [5.41, 5.74) is 1.43. The van der Waals surface area contributed by atoms with Crippen LogP contribution in [0.25, 0.3) is 11.1 Å². The summed E-state index contributed by atoms with van der Waals surface area (Å²) in [5, 5.41) is 9.88. The van der Waals surface area contributed by atoms with Crippen LogP contribution in [0.5, 0.6) is 5.75 Å². The number of phenols is 1. The Morgan fingerprint density at radius 2 is 1.63 bits per heavy atom. The molecule has 100 valence electrons. The maximum absolute atomic E-state index is 13.8. The first kappa shape index (κ1) is 13.5. The molecule has 0 amide bonds. The van der Waals surface area contributed by atoms with E-state index in [4.69, 9.17) is 0 Å². The summed E-state index contributed by atoms with van der Waals surface area (Å²) >= 11 is 0. The summed E-state index contributed by atoms with van der Waals surface area (Å²) in [5.74, 6) is -1.03. The molecule has 0 fully saturated rings. The van der Waals surface area contributed by atoms with Gasteiger partial charge in [-0.3, -0.25) is 0 Å². The van der Waals surface area contributed by atoms with Crippen LogP contribution in [0.2, 0.25) is 0 Å². The molecule has 0 unspecified atom stereocenters. The maximum atomic E-state index is 13.8. The first-order chi connectivity index (χ1) is 8.79. The number of phenolic OH excluding ortho intramolecular Hbond substituents is 1. The molecule has 0 aliphatic heterocycles. The van der Waals surface area contributed by atoms with Gasteiger partial charge >= 0.3 is 0 Å². The van der Waals surface area contributed by atoms with Crippen LogP contribution in [-0.4, -0.2) is 5.11 Å². The average molecular weight is 262 g/mol. The lowest BCUT2D eigenvalue weighted by Gasteiger charge is -2.21. The van der Waals surface area contributed by atoms with Crippen molar-refractivity contribution < 1.29 is 13.9 Å². The van der Waals surface area contributed by atoms with Crippen molar-refractivity contribution in [3.05, 3.63) is 53.6 Å². The number of hydrogen-bond donors (Lipinski definition) is 1. The highest BCUT2D eigenvalue weighted by Gasteiger charge is 2.19. The van der Waals surface area contributed by atoms with Gasteiger partial charge in [0, 0.05) is 11.6 Å². The molecule has 0 heterocycles. The molecule has 2 rings (SSSR count). The smallest absolute Gasteiger partial charge is 0.133 e. The van der Waals surface area contributed by atoms with Crippen molar-refractivity contribution in [1.29, 1.82) is 0 Å². The second kappa shape index (κ2) is 4.65. The molecule has 0 spiro atoms. The van der Waals surface area contributed by atoms with Crippen LogP contribution in [0.3, 0.4) is 0 Å². The first-order valence-electron chi connectivity index (χ1n) is 6.08. The fourth-order valence-electron chi connectivity index (χ4n) is 2.03. The minimum Gasteiger partial charge on any atom is -0.508 e. The van der Waals surface area contributed by atoms with Crippen molar-refractivity contribution in [1.82, 2.24) is 0 Å². The Labute approximate surface area is 111 Å². The summed E-state index contributed by atoms with van der Waals surface area (Å²) in [7, 11) is 0. The Hall–Kier alpha value is -1.90. The second-order valence-corrected chi connectivity index (χ2v) is 5.61. The maximum Gasteiger partial charge on any atom is 0.133 e. The molecule has 1 nitrogen and oxygen atoms in total. The topological polar surface area (TPSA) is 20.2 Å². The van der Waals surface area contributed by atoms with Gasteiger partial charge in [-0.1, -0.05) is 26.8 Å². The van der Waals surface area contributed by atoms with E-state index in [1.165, 1.54) is 12.1 Å². The quantitative estimate of drug-likeness (QED) is 0.794. The zero-order valence-corrected chi connectivity index (χ0v) is 11.2. The van der Waals surface area contributed by atoms with Crippen molar-refractivity contribution in [2.75, 3.05) is 0 Å². The molecule has 19 heavy (non-hydrogen) atoms. The molecule has 0 atom stereocenters. The van der Waals surface area contributed by atoms with Crippen LogP contribution in [0.4, 0.5) is 8.78 Å². The van der Waals surface area contributed by atoms with Gasteiger partial charge in [-0.25, -0.2) is 8.78 Å². The predicted octanol–water partition coefficient (Wildman–Crippen LogP) is 4.63. The summed E-state index contributed by atoms with van der Waals surface area (Å²) in [6.07, 6.45) is 0. The van der Waals surface area contributed by atoms with Gasteiger partial charge in [0.15, 0.2) is 0 Å². The molecular formula is C16H16F2O. The Kier molecular flexibility index (Phi) is 3.31. The van der Waals surface area contributed by atoms with Crippen molar-refractivity contribution in [3.8, 4) is 16.9 Å². The molecule has 2 aromatic carbocycles.